The molecule has 0 fully saturated rings. The highest BCUT2D eigenvalue weighted by Gasteiger charge is 2.35. The van der Waals surface area contributed by atoms with Crippen molar-refractivity contribution >= 4 is 27.5 Å². The largest absolute Gasteiger partial charge is 0.488 e. The summed E-state index contributed by atoms with van der Waals surface area (Å²) in [7, 11) is -2.55. The number of pyridine rings is 1. The minimum atomic E-state index is -3.95. The molecule has 10 nitrogen and oxygen atoms in total. The average Bonchev–Trinajstić information content (AvgIpc) is 2.95. The molecular formula is C28H31FN4O6S. The van der Waals surface area contributed by atoms with Crippen LogP contribution in [-0.4, -0.2) is 78.4 Å². The topological polar surface area (TPSA) is 129 Å². The van der Waals surface area contributed by atoms with Gasteiger partial charge in [-0.25, -0.2) is 12.8 Å². The van der Waals surface area contributed by atoms with Gasteiger partial charge in [0.25, 0.3) is 11.8 Å². The van der Waals surface area contributed by atoms with E-state index in [0.29, 0.717) is 11.3 Å². The first-order chi connectivity index (χ1) is 19.0. The number of rotatable bonds is 8. The van der Waals surface area contributed by atoms with Gasteiger partial charge in [-0.3, -0.25) is 14.6 Å². The molecule has 0 saturated heterocycles. The summed E-state index contributed by atoms with van der Waals surface area (Å²) in [5, 5.41) is 12.6. The van der Waals surface area contributed by atoms with Crippen LogP contribution < -0.4 is 10.1 Å². The number of aromatic nitrogens is 1. The number of aliphatic hydroxyl groups excluding tert-OH is 1. The van der Waals surface area contributed by atoms with Crippen LogP contribution in [0.3, 0.4) is 0 Å². The molecule has 1 aliphatic rings. The Morgan fingerprint density at radius 2 is 1.88 bits per heavy atom. The molecule has 1 aliphatic heterocycles. The van der Waals surface area contributed by atoms with Crippen LogP contribution >= 0.6 is 0 Å². The lowest BCUT2D eigenvalue weighted by atomic mass is 9.99. The molecule has 0 radical (unpaired) electrons. The summed E-state index contributed by atoms with van der Waals surface area (Å²) in [4.78, 5) is 31.6. The Labute approximate surface area is 232 Å². The van der Waals surface area contributed by atoms with E-state index in [9.17, 15) is 27.5 Å². The van der Waals surface area contributed by atoms with Crippen molar-refractivity contribution in [2.75, 3.05) is 32.1 Å². The third kappa shape index (κ3) is 6.30. The zero-order valence-electron chi connectivity index (χ0n) is 22.3. The highest BCUT2D eigenvalue weighted by molar-refractivity contribution is 7.89. The summed E-state index contributed by atoms with van der Waals surface area (Å²) >= 11 is 0. The second-order valence-corrected chi connectivity index (χ2v) is 11.8. The number of nitrogens with one attached hydrogen (secondary N) is 1. The second kappa shape index (κ2) is 12.1. The van der Waals surface area contributed by atoms with E-state index in [1.165, 1.54) is 42.5 Å². The number of fused-ring (bicyclic) bond motifs is 1. The number of anilines is 1. The molecule has 3 aromatic rings. The monoisotopic (exact) mass is 570 g/mol. The molecule has 3 atom stereocenters. The number of carbonyl (C=O) groups is 2. The Balaban J connectivity index is 1.65. The molecule has 2 heterocycles. The van der Waals surface area contributed by atoms with Gasteiger partial charge < -0.3 is 20.1 Å². The van der Waals surface area contributed by atoms with Gasteiger partial charge in [0.15, 0.2) is 0 Å². The van der Waals surface area contributed by atoms with E-state index in [4.69, 9.17) is 4.74 Å². The van der Waals surface area contributed by atoms with Crippen molar-refractivity contribution in [3.63, 3.8) is 0 Å². The number of nitrogens with zero attached hydrogens (tertiary/aromatic N) is 3. The number of halogens is 1. The summed E-state index contributed by atoms with van der Waals surface area (Å²) in [6.45, 7) is 3.39. The van der Waals surface area contributed by atoms with Gasteiger partial charge in [0.2, 0.25) is 10.0 Å². The zero-order valence-corrected chi connectivity index (χ0v) is 23.1. The number of hydrogen-bond acceptors (Lipinski definition) is 7. The molecular weight excluding hydrogens is 539 g/mol. The predicted molar refractivity (Wildman–Crippen MR) is 146 cm³/mol. The maximum absolute atomic E-state index is 13.6. The van der Waals surface area contributed by atoms with Gasteiger partial charge >= 0.3 is 0 Å². The smallest absolute Gasteiger partial charge is 0.258 e. The molecule has 0 unspecified atom stereocenters. The van der Waals surface area contributed by atoms with E-state index in [2.05, 4.69) is 10.3 Å². The molecule has 2 aromatic carbocycles. The van der Waals surface area contributed by atoms with E-state index in [-0.39, 0.29) is 47.7 Å². The first kappa shape index (κ1) is 29.1. The molecule has 0 aliphatic carbocycles. The van der Waals surface area contributed by atoms with Gasteiger partial charge in [-0.1, -0.05) is 6.92 Å². The molecule has 2 amide bonds. The summed E-state index contributed by atoms with van der Waals surface area (Å²) in [5.41, 5.74) is 0.906. The van der Waals surface area contributed by atoms with Crippen molar-refractivity contribution < 1.29 is 32.2 Å². The SMILES string of the molecule is C[C@@H]1CN([C@@H](C)CO)C(=O)c2cc(NC(=O)c3ccncc3)ccc2O[C@@H]1CN(C)S(=O)(=O)c1ccc(F)cc1. The predicted octanol–water partition coefficient (Wildman–Crippen LogP) is 3.01. The van der Waals surface area contributed by atoms with Crippen LogP contribution in [0, 0.1) is 11.7 Å². The Hall–Kier alpha value is -3.87. The van der Waals surface area contributed by atoms with Gasteiger partial charge in [-0.2, -0.15) is 4.31 Å². The first-order valence-corrected chi connectivity index (χ1v) is 14.1. The van der Waals surface area contributed by atoms with E-state index in [0.717, 1.165) is 16.4 Å². The molecule has 2 N–H and O–H groups in total. The fourth-order valence-corrected chi connectivity index (χ4v) is 5.55. The minimum absolute atomic E-state index is 0.0591. The van der Waals surface area contributed by atoms with Crippen LogP contribution in [0.4, 0.5) is 10.1 Å². The fourth-order valence-electron chi connectivity index (χ4n) is 4.36. The second-order valence-electron chi connectivity index (χ2n) is 9.76. The van der Waals surface area contributed by atoms with Crippen molar-refractivity contribution in [2.24, 2.45) is 5.92 Å². The Morgan fingerprint density at radius 3 is 2.52 bits per heavy atom. The number of carbonyl (C=O) groups excluding carboxylic acids is 2. The number of hydrogen-bond donors (Lipinski definition) is 2. The van der Waals surface area contributed by atoms with Crippen LogP contribution in [0.15, 0.2) is 71.9 Å². The van der Waals surface area contributed by atoms with E-state index in [1.54, 1.807) is 31.2 Å². The fraction of sp³-hybridized carbons (Fsp3) is 0.321. The molecule has 40 heavy (non-hydrogen) atoms. The molecule has 212 valence electrons. The summed E-state index contributed by atoms with van der Waals surface area (Å²) in [6.07, 6.45) is 2.31. The zero-order chi connectivity index (χ0) is 29.0. The standard InChI is InChI=1S/C28H31FN4O6S/c1-18-15-33(19(2)17-34)28(36)24-14-22(31-27(35)20-10-12-30-13-11-20)6-9-25(24)39-26(18)16-32(3)40(37,38)23-7-4-21(29)5-8-23/h4-14,18-19,26,34H,15-17H2,1-3H3,(H,31,35)/t18-,19+,26-/m1/s1. The first-order valence-electron chi connectivity index (χ1n) is 12.7. The highest BCUT2D eigenvalue weighted by Crippen LogP contribution is 2.31. The van der Waals surface area contributed by atoms with Crippen molar-refractivity contribution in [3.8, 4) is 5.75 Å². The summed E-state index contributed by atoms with van der Waals surface area (Å²) in [6, 6.07) is 11.8. The quantitative estimate of drug-likeness (QED) is 0.426. The number of amides is 2. The third-order valence-corrected chi connectivity index (χ3v) is 8.66. The lowest BCUT2D eigenvalue weighted by Gasteiger charge is -2.38. The minimum Gasteiger partial charge on any atom is -0.488 e. The van der Waals surface area contributed by atoms with Crippen molar-refractivity contribution in [3.05, 3.63) is 83.9 Å². The maximum Gasteiger partial charge on any atom is 0.258 e. The third-order valence-electron chi connectivity index (χ3n) is 6.82. The molecule has 0 spiro atoms. The van der Waals surface area contributed by atoms with Gasteiger partial charge in [0.05, 0.1) is 29.7 Å². The summed E-state index contributed by atoms with van der Waals surface area (Å²) < 4.78 is 47.1. The van der Waals surface area contributed by atoms with Crippen molar-refractivity contribution in [1.29, 1.82) is 0 Å². The molecule has 12 heteroatoms. The number of ether oxygens (including phenoxy) is 1. The van der Waals surface area contributed by atoms with E-state index in [1.807, 2.05) is 6.92 Å². The summed E-state index contributed by atoms with van der Waals surface area (Å²) in [5.74, 6) is -1.45. The number of aliphatic hydroxyl groups is 1. The highest BCUT2D eigenvalue weighted by atomic mass is 32.2. The van der Waals surface area contributed by atoms with Crippen molar-refractivity contribution in [1.82, 2.24) is 14.2 Å². The number of likely N-dealkylation sites (N-methyl/N-ethyl adjacent to an activating group) is 1. The van der Waals surface area contributed by atoms with Gasteiger partial charge in [0.1, 0.15) is 17.7 Å². The molecule has 1 aromatic heterocycles. The van der Waals surface area contributed by atoms with Gasteiger partial charge in [0, 0.05) is 43.2 Å². The Kier molecular flexibility index (Phi) is 8.82. The van der Waals surface area contributed by atoms with Gasteiger partial charge in [-0.15, -0.1) is 0 Å². The van der Waals surface area contributed by atoms with E-state index >= 15 is 0 Å². The van der Waals surface area contributed by atoms with Crippen LogP contribution in [0.25, 0.3) is 0 Å². The van der Waals surface area contributed by atoms with Gasteiger partial charge in [-0.05, 0) is 61.5 Å². The van der Waals surface area contributed by atoms with Crippen LogP contribution in [0.5, 0.6) is 5.75 Å². The number of sulfonamides is 1. The molecule has 0 bridgehead atoms. The Morgan fingerprint density at radius 1 is 1.20 bits per heavy atom. The van der Waals surface area contributed by atoms with Crippen LogP contribution in [-0.2, 0) is 10.0 Å². The van der Waals surface area contributed by atoms with E-state index < -0.39 is 33.9 Å². The number of benzene rings is 2. The maximum atomic E-state index is 13.6. The average molecular weight is 571 g/mol. The molecule has 0 saturated carbocycles. The normalized spacial score (nSPS) is 18.4. The molecule has 4 rings (SSSR count). The van der Waals surface area contributed by atoms with Crippen molar-refractivity contribution in [2.45, 2.75) is 30.9 Å². The Bertz CT molecular complexity index is 1470. The lowest BCUT2D eigenvalue weighted by Crippen LogP contribution is -2.50. The lowest BCUT2D eigenvalue weighted by molar-refractivity contribution is 0.0387. The van der Waals surface area contributed by atoms with Crippen LogP contribution in [0.1, 0.15) is 34.6 Å². The van der Waals surface area contributed by atoms with Crippen LogP contribution in [0.2, 0.25) is 0 Å².